The van der Waals surface area contributed by atoms with Crippen LogP contribution in [0.1, 0.15) is 145 Å². The van der Waals surface area contributed by atoms with E-state index in [2.05, 4.69) is 27.7 Å². The number of rotatable bonds is 15. The average Bonchev–Trinajstić information content (AvgIpc) is 3.89. The maximum absolute atomic E-state index is 13.1. The summed E-state index contributed by atoms with van der Waals surface area (Å²) in [7, 11) is 7.42. The number of ether oxygens (including phenoxy) is 12. The lowest BCUT2D eigenvalue weighted by atomic mass is 9.39. The van der Waals surface area contributed by atoms with Gasteiger partial charge >= 0.3 is 5.97 Å². The van der Waals surface area contributed by atoms with Crippen molar-refractivity contribution in [3.05, 3.63) is 0 Å². The molecule has 8 aliphatic carbocycles. The highest BCUT2D eigenvalue weighted by molar-refractivity contribution is 5.83. The van der Waals surface area contributed by atoms with Crippen LogP contribution >= 0.6 is 0 Å². The summed E-state index contributed by atoms with van der Waals surface area (Å²) < 4.78 is 74.1. The number of carbonyl (C=O) groups is 2. The Balaban J connectivity index is 0.000000197. The fourth-order valence-electron chi connectivity index (χ4n) is 19.7. The lowest BCUT2D eigenvalue weighted by Crippen LogP contribution is -2.78. The van der Waals surface area contributed by atoms with Gasteiger partial charge in [0.25, 0.3) is 0 Å². The summed E-state index contributed by atoms with van der Waals surface area (Å²) in [6.07, 6.45) is 8.11. The molecule has 0 aromatic rings. The van der Waals surface area contributed by atoms with E-state index in [1.165, 1.54) is 0 Å². The third-order valence-electron chi connectivity index (χ3n) is 22.3. The molecule has 8 saturated carbocycles. The molecule has 2 spiro atoms. The fraction of sp³-hybridized carbons (Fsp3) is 0.966. The molecular weight excluding hydrogens is 1000 g/mol. The summed E-state index contributed by atoms with van der Waals surface area (Å²) in [6, 6.07) is 0. The first-order valence-electron chi connectivity index (χ1n) is 28.7. The predicted octanol–water partition coefficient (Wildman–Crippen LogP) is 6.21. The van der Waals surface area contributed by atoms with E-state index in [9.17, 15) is 30.0 Å². The number of Topliss-reactive ketones (excluding diaryl/α,β-unsaturated/α-hetero) is 1. The van der Waals surface area contributed by atoms with Gasteiger partial charge in [0.2, 0.25) is 0 Å². The summed E-state index contributed by atoms with van der Waals surface area (Å²) in [5, 5.41) is 52.2. The van der Waals surface area contributed by atoms with Gasteiger partial charge in [-0.15, -0.1) is 0 Å². The molecule has 20 atom stereocenters. The highest BCUT2D eigenvalue weighted by Gasteiger charge is 2.80. The summed E-state index contributed by atoms with van der Waals surface area (Å²) >= 11 is 0. The normalized spacial score (nSPS) is 48.7. The number of carbonyl (C=O) groups excluding carboxylic acids is 1. The Morgan fingerprint density at radius 3 is 1.32 bits per heavy atom. The van der Waals surface area contributed by atoms with Crippen LogP contribution in [0.5, 0.6) is 0 Å². The molecule has 2 saturated heterocycles. The topological polar surface area (TPSA) is 246 Å². The van der Waals surface area contributed by atoms with E-state index in [1.54, 1.807) is 28.4 Å². The second kappa shape index (κ2) is 22.6. The number of ketones is 1. The minimum atomic E-state index is -0.983. The molecule has 0 bridgehead atoms. The zero-order valence-corrected chi connectivity index (χ0v) is 48.7. The van der Waals surface area contributed by atoms with Gasteiger partial charge in [-0.1, -0.05) is 27.7 Å². The van der Waals surface area contributed by atoms with E-state index in [0.29, 0.717) is 95.7 Å². The van der Waals surface area contributed by atoms with Crippen molar-refractivity contribution in [2.75, 3.05) is 82.5 Å². The molecule has 10 fully saturated rings. The number of hydrogen-bond donors (Lipinski definition) is 5. The van der Waals surface area contributed by atoms with Crippen molar-refractivity contribution in [3.8, 4) is 0 Å². The van der Waals surface area contributed by atoms with E-state index in [1.807, 2.05) is 27.7 Å². The molecule has 444 valence electrons. The van der Waals surface area contributed by atoms with Crippen LogP contribution in [0.3, 0.4) is 0 Å². The SMILES string of the molecule is CO.COCO[C@@H]1C[C@]2(C)[C@@H](C(=O)CO)CC[C@]2(OCOC)C2CC[C@]3(O)C[C@@H](C)C[C@H]4OC(C)(C)OC[C@]43C21.COCO[C@@H]1C[C@]2(C)[C@@H](C(=O)O)CC[C@]2(OCOC)C2CC[C@]3(O)C[C@@H](C)C[C@H]4OC(C)(C)OC[C@]43C21. The van der Waals surface area contributed by atoms with Crippen LogP contribution in [0.15, 0.2) is 0 Å². The van der Waals surface area contributed by atoms with Gasteiger partial charge in [0, 0.05) is 64.1 Å². The number of fused-ring (bicyclic) bond motifs is 6. The number of aliphatic carboxylic acids is 1. The molecule has 0 radical (unpaired) electrons. The summed E-state index contributed by atoms with van der Waals surface area (Å²) in [4.78, 5) is 25.6. The molecule has 4 unspecified atom stereocenters. The first kappa shape index (κ1) is 61.6. The molecule has 0 aromatic heterocycles. The van der Waals surface area contributed by atoms with Gasteiger partial charge in [-0.05, 0) is 141 Å². The van der Waals surface area contributed by atoms with Crippen LogP contribution in [-0.2, 0) is 66.4 Å². The van der Waals surface area contributed by atoms with Gasteiger partial charge in [-0.25, -0.2) is 0 Å². The Morgan fingerprint density at radius 2 is 0.948 bits per heavy atom. The standard InChI is InChI=1S/C29H48O9.C28H46O9.CH4O/c1-18-11-23-28(15-36-25(2,3)38-23)24-20(7-9-27(28,32)12-18)29(37-17-34-6)10-8-19(21(31)14-30)26(29,4)13-22(24)35-16-33-5;1-17-11-21-27(14-35-24(2,3)37-21)22-18(7-9-26(27,31)12-17)28(36-16-33-6)10-8-19(23(29)30)25(28,4)13-20(22)34-15-32-5;1-2/h18-20,22-24,30,32H,7-17H2,1-6H3;17-22,31H,7-16H2,1-6H3,(H,29,30);2H,1H3/t18-,19+,20?,22+,23+,24?,26+,27-,28+,29-;17-,18?,19+,20+,21+,22?,25+,26-,27+,28-;/m00./s1. The largest absolute Gasteiger partial charge is 0.481 e. The lowest BCUT2D eigenvalue weighted by molar-refractivity contribution is -0.405. The Hall–Kier alpha value is -1.50. The summed E-state index contributed by atoms with van der Waals surface area (Å²) in [5.74, 6) is -3.12. The van der Waals surface area contributed by atoms with Gasteiger partial charge in [0.15, 0.2) is 17.4 Å². The van der Waals surface area contributed by atoms with Crippen molar-refractivity contribution in [2.24, 2.45) is 69.0 Å². The van der Waals surface area contributed by atoms with Crippen molar-refractivity contribution < 1.29 is 92.0 Å². The van der Waals surface area contributed by atoms with Crippen LogP contribution < -0.4 is 0 Å². The molecule has 19 nitrogen and oxygen atoms in total. The maximum atomic E-state index is 13.1. The first-order valence-corrected chi connectivity index (χ1v) is 28.7. The number of hydrogen-bond acceptors (Lipinski definition) is 18. The maximum Gasteiger partial charge on any atom is 0.307 e. The Labute approximate surface area is 457 Å². The van der Waals surface area contributed by atoms with Crippen molar-refractivity contribution in [1.82, 2.24) is 0 Å². The van der Waals surface area contributed by atoms with Crippen molar-refractivity contribution in [2.45, 2.75) is 204 Å². The van der Waals surface area contributed by atoms with E-state index in [0.717, 1.165) is 26.4 Å². The predicted molar refractivity (Wildman–Crippen MR) is 277 cm³/mol. The number of carboxylic acid groups (broad SMARTS) is 1. The zero-order chi connectivity index (χ0) is 56.4. The third kappa shape index (κ3) is 9.55. The van der Waals surface area contributed by atoms with Crippen LogP contribution in [0.25, 0.3) is 0 Å². The van der Waals surface area contributed by atoms with Gasteiger partial charge in [0.1, 0.15) is 33.8 Å². The Bertz CT molecular complexity index is 2060. The highest BCUT2D eigenvalue weighted by atomic mass is 16.7. The van der Waals surface area contributed by atoms with E-state index in [4.69, 9.17) is 61.9 Å². The fourth-order valence-corrected chi connectivity index (χ4v) is 19.7. The lowest BCUT2D eigenvalue weighted by Gasteiger charge is -2.71. The van der Waals surface area contributed by atoms with Gasteiger partial charge in [0.05, 0.1) is 76.8 Å². The molecule has 2 heterocycles. The monoisotopic (exact) mass is 1100 g/mol. The average molecular weight is 1100 g/mol. The minimum absolute atomic E-state index is 0.0284. The molecule has 19 heteroatoms. The van der Waals surface area contributed by atoms with Crippen LogP contribution in [0.4, 0.5) is 0 Å². The molecule has 0 amide bonds. The Kier molecular flexibility index (Phi) is 18.1. The summed E-state index contributed by atoms with van der Waals surface area (Å²) in [5.41, 5.74) is -6.00. The third-order valence-corrected chi connectivity index (χ3v) is 22.3. The van der Waals surface area contributed by atoms with E-state index in [-0.39, 0.29) is 87.0 Å². The molecule has 5 N–H and O–H groups in total. The Morgan fingerprint density at radius 1 is 0.558 bits per heavy atom. The second-order valence-corrected chi connectivity index (χ2v) is 26.7. The van der Waals surface area contributed by atoms with Crippen LogP contribution in [0.2, 0.25) is 0 Å². The van der Waals surface area contributed by atoms with Gasteiger partial charge < -0.3 is 82.4 Å². The van der Waals surface area contributed by atoms with E-state index < -0.39 is 74.1 Å². The number of methoxy groups -OCH3 is 4. The molecule has 0 aromatic carbocycles. The first-order chi connectivity index (χ1) is 36.3. The number of aliphatic hydroxyl groups excluding tert-OH is 2. The quantitative estimate of drug-likeness (QED) is 0.114. The number of carboxylic acids is 1. The van der Waals surface area contributed by atoms with Crippen molar-refractivity contribution >= 4 is 11.8 Å². The molecule has 10 aliphatic rings. The summed E-state index contributed by atoms with van der Waals surface area (Å²) in [6.45, 7) is 17.0. The second-order valence-electron chi connectivity index (χ2n) is 26.7. The molecular formula is C58H98O19. The zero-order valence-electron chi connectivity index (χ0n) is 48.7. The number of aliphatic hydroxyl groups is 4. The van der Waals surface area contributed by atoms with Gasteiger partial charge in [-0.3, -0.25) is 9.59 Å². The van der Waals surface area contributed by atoms with Gasteiger partial charge in [-0.2, -0.15) is 0 Å². The van der Waals surface area contributed by atoms with Crippen LogP contribution in [-0.4, -0.2) is 178 Å². The van der Waals surface area contributed by atoms with E-state index >= 15 is 0 Å². The minimum Gasteiger partial charge on any atom is -0.481 e. The molecule has 10 rings (SSSR count). The smallest absolute Gasteiger partial charge is 0.307 e. The molecule has 2 aliphatic heterocycles. The highest BCUT2D eigenvalue weighted by Crippen LogP contribution is 2.75. The van der Waals surface area contributed by atoms with Crippen LogP contribution in [0, 0.1) is 69.0 Å². The van der Waals surface area contributed by atoms with Crippen molar-refractivity contribution in [3.63, 3.8) is 0 Å². The molecule has 77 heavy (non-hydrogen) atoms. The van der Waals surface area contributed by atoms with Crippen molar-refractivity contribution in [1.29, 1.82) is 0 Å².